The number of ether oxygens (including phenoxy) is 1. The van der Waals surface area contributed by atoms with Crippen molar-refractivity contribution in [1.29, 1.82) is 0 Å². The monoisotopic (exact) mass is 269 g/mol. The summed E-state index contributed by atoms with van der Waals surface area (Å²) in [5.41, 5.74) is 0.437. The molecule has 2 nitrogen and oxygen atoms in total. The summed E-state index contributed by atoms with van der Waals surface area (Å²) in [6, 6.07) is 3.78. The third-order valence-corrected chi connectivity index (χ3v) is 3.74. The second kappa shape index (κ2) is 6.96. The first-order valence-corrected chi connectivity index (χ1v) is 6.92. The van der Waals surface area contributed by atoms with E-state index in [4.69, 9.17) is 4.74 Å². The average molecular weight is 269 g/mol. The van der Waals surface area contributed by atoms with Gasteiger partial charge in [0, 0.05) is 12.6 Å². The fraction of sp³-hybridized carbons (Fsp3) is 0.600. The Kier molecular flexibility index (Phi) is 5.28. The number of hydrogen-bond donors (Lipinski definition) is 1. The van der Waals surface area contributed by atoms with Crippen LogP contribution < -0.4 is 5.32 Å². The molecule has 19 heavy (non-hydrogen) atoms. The molecule has 0 radical (unpaired) electrons. The quantitative estimate of drug-likeness (QED) is 0.857. The predicted octanol–water partition coefficient (Wildman–Crippen LogP) is 3.05. The van der Waals surface area contributed by atoms with Crippen LogP contribution in [0.2, 0.25) is 0 Å². The highest BCUT2D eigenvalue weighted by atomic mass is 19.1. The molecule has 0 aliphatic carbocycles. The molecule has 4 heteroatoms. The van der Waals surface area contributed by atoms with Crippen LogP contribution in [0.15, 0.2) is 18.2 Å². The number of rotatable bonds is 6. The van der Waals surface area contributed by atoms with Crippen LogP contribution in [0, 0.1) is 11.6 Å². The molecule has 1 heterocycles. The van der Waals surface area contributed by atoms with Crippen LogP contribution in [0.5, 0.6) is 0 Å². The van der Waals surface area contributed by atoms with Gasteiger partial charge in [0.2, 0.25) is 0 Å². The highest BCUT2D eigenvalue weighted by Crippen LogP contribution is 2.19. The van der Waals surface area contributed by atoms with E-state index in [2.05, 4.69) is 5.32 Å². The standard InChI is InChI=1S/C15H21F2NO/c1-18-13(5-6-14-3-2-8-19-14)10-11-9-12(16)4-7-15(11)17/h4,7,9,13-14,18H,2-3,5-6,8,10H2,1H3. The van der Waals surface area contributed by atoms with Crippen LogP contribution in [0.1, 0.15) is 31.2 Å². The Labute approximate surface area is 113 Å². The van der Waals surface area contributed by atoms with Crippen molar-refractivity contribution in [2.24, 2.45) is 0 Å². The van der Waals surface area contributed by atoms with Crippen LogP contribution in [-0.2, 0) is 11.2 Å². The summed E-state index contributed by atoms with van der Waals surface area (Å²) < 4.78 is 32.3. The van der Waals surface area contributed by atoms with Gasteiger partial charge >= 0.3 is 0 Å². The third kappa shape index (κ3) is 4.25. The van der Waals surface area contributed by atoms with Crippen molar-refractivity contribution in [2.45, 2.75) is 44.2 Å². The van der Waals surface area contributed by atoms with Crippen molar-refractivity contribution in [3.63, 3.8) is 0 Å². The summed E-state index contributed by atoms with van der Waals surface area (Å²) in [4.78, 5) is 0. The minimum absolute atomic E-state index is 0.153. The van der Waals surface area contributed by atoms with Gasteiger partial charge in [0.05, 0.1) is 6.10 Å². The van der Waals surface area contributed by atoms with E-state index in [1.165, 1.54) is 12.1 Å². The van der Waals surface area contributed by atoms with Crippen LogP contribution in [0.25, 0.3) is 0 Å². The fourth-order valence-electron chi connectivity index (χ4n) is 2.57. The van der Waals surface area contributed by atoms with Crippen LogP contribution >= 0.6 is 0 Å². The Morgan fingerprint density at radius 2 is 2.26 bits per heavy atom. The van der Waals surface area contributed by atoms with E-state index in [1.807, 2.05) is 7.05 Å². The van der Waals surface area contributed by atoms with E-state index in [0.29, 0.717) is 18.1 Å². The number of hydrogen-bond acceptors (Lipinski definition) is 2. The molecule has 0 amide bonds. The highest BCUT2D eigenvalue weighted by Gasteiger charge is 2.18. The lowest BCUT2D eigenvalue weighted by Crippen LogP contribution is -2.29. The Hall–Kier alpha value is -1.00. The van der Waals surface area contributed by atoms with Gasteiger partial charge in [0.15, 0.2) is 0 Å². The molecule has 0 aromatic heterocycles. The molecule has 1 fully saturated rings. The molecule has 1 aliphatic heterocycles. The maximum absolute atomic E-state index is 13.6. The second-order valence-corrected chi connectivity index (χ2v) is 5.14. The van der Waals surface area contributed by atoms with Gasteiger partial charge in [-0.3, -0.25) is 0 Å². The molecule has 0 spiro atoms. The highest BCUT2D eigenvalue weighted by molar-refractivity contribution is 5.19. The molecule has 2 unspecified atom stereocenters. The number of nitrogens with one attached hydrogen (secondary N) is 1. The molecular weight excluding hydrogens is 248 g/mol. The van der Waals surface area contributed by atoms with Crippen LogP contribution in [0.3, 0.4) is 0 Å². The summed E-state index contributed by atoms with van der Waals surface area (Å²) in [6.45, 7) is 0.855. The molecule has 2 atom stereocenters. The van der Waals surface area contributed by atoms with Crippen molar-refractivity contribution in [1.82, 2.24) is 5.32 Å². The normalized spacial score (nSPS) is 20.7. The molecule has 1 N–H and O–H groups in total. The molecule has 1 aliphatic rings. The summed E-state index contributed by atoms with van der Waals surface area (Å²) >= 11 is 0. The lowest BCUT2D eigenvalue weighted by molar-refractivity contribution is 0.0998. The van der Waals surface area contributed by atoms with Gasteiger partial charge in [-0.1, -0.05) is 0 Å². The Bertz CT molecular complexity index is 405. The minimum Gasteiger partial charge on any atom is -0.378 e. The van der Waals surface area contributed by atoms with Gasteiger partial charge in [0.25, 0.3) is 0 Å². The van der Waals surface area contributed by atoms with Crippen molar-refractivity contribution in [3.8, 4) is 0 Å². The largest absolute Gasteiger partial charge is 0.378 e. The summed E-state index contributed by atoms with van der Waals surface area (Å²) in [7, 11) is 1.86. The van der Waals surface area contributed by atoms with Crippen molar-refractivity contribution in [2.75, 3.05) is 13.7 Å². The van der Waals surface area contributed by atoms with Crippen LogP contribution in [-0.4, -0.2) is 25.8 Å². The van der Waals surface area contributed by atoms with E-state index < -0.39 is 0 Å². The predicted molar refractivity (Wildman–Crippen MR) is 71.1 cm³/mol. The van der Waals surface area contributed by atoms with Gasteiger partial charge in [-0.15, -0.1) is 0 Å². The zero-order valence-electron chi connectivity index (χ0n) is 11.3. The molecule has 0 saturated carbocycles. The van der Waals surface area contributed by atoms with Gasteiger partial charge in [0.1, 0.15) is 11.6 Å². The smallest absolute Gasteiger partial charge is 0.126 e. The number of likely N-dealkylation sites (N-methyl/N-ethyl adjacent to an activating group) is 1. The fourth-order valence-corrected chi connectivity index (χ4v) is 2.57. The average Bonchev–Trinajstić information content (AvgIpc) is 2.91. The zero-order chi connectivity index (χ0) is 13.7. The molecule has 1 saturated heterocycles. The maximum Gasteiger partial charge on any atom is 0.126 e. The Balaban J connectivity index is 1.88. The minimum atomic E-state index is -0.384. The Morgan fingerprint density at radius 1 is 1.42 bits per heavy atom. The van der Waals surface area contributed by atoms with Crippen LogP contribution in [0.4, 0.5) is 8.78 Å². The van der Waals surface area contributed by atoms with E-state index in [9.17, 15) is 8.78 Å². The number of halogens is 2. The van der Waals surface area contributed by atoms with Crippen molar-refractivity contribution >= 4 is 0 Å². The Morgan fingerprint density at radius 3 is 2.95 bits per heavy atom. The van der Waals surface area contributed by atoms with Gasteiger partial charge < -0.3 is 10.1 Å². The maximum atomic E-state index is 13.6. The van der Waals surface area contributed by atoms with Gasteiger partial charge in [-0.2, -0.15) is 0 Å². The van der Waals surface area contributed by atoms with E-state index in [1.54, 1.807) is 0 Å². The zero-order valence-corrected chi connectivity index (χ0v) is 11.3. The summed E-state index contributed by atoms with van der Waals surface area (Å²) in [5.74, 6) is -0.718. The summed E-state index contributed by atoms with van der Waals surface area (Å²) in [6.07, 6.45) is 4.98. The third-order valence-electron chi connectivity index (χ3n) is 3.74. The second-order valence-electron chi connectivity index (χ2n) is 5.14. The van der Waals surface area contributed by atoms with E-state index >= 15 is 0 Å². The van der Waals surface area contributed by atoms with Crippen molar-refractivity contribution < 1.29 is 13.5 Å². The molecule has 0 bridgehead atoms. The topological polar surface area (TPSA) is 21.3 Å². The van der Waals surface area contributed by atoms with Crippen molar-refractivity contribution in [3.05, 3.63) is 35.4 Å². The molecular formula is C15H21F2NO. The van der Waals surface area contributed by atoms with Gasteiger partial charge in [-0.25, -0.2) is 8.78 Å². The molecule has 2 rings (SSSR count). The van der Waals surface area contributed by atoms with E-state index in [-0.39, 0.29) is 17.7 Å². The number of benzene rings is 1. The molecule has 106 valence electrons. The lowest BCUT2D eigenvalue weighted by atomic mass is 9.99. The molecule has 1 aromatic carbocycles. The summed E-state index contributed by atoms with van der Waals surface area (Å²) in [5, 5.41) is 3.18. The van der Waals surface area contributed by atoms with E-state index in [0.717, 1.165) is 38.4 Å². The first-order chi connectivity index (χ1) is 9.19. The molecule has 1 aromatic rings. The SMILES string of the molecule is CNC(CCC1CCCO1)Cc1cc(F)ccc1F. The first kappa shape index (κ1) is 14.4. The first-order valence-electron chi connectivity index (χ1n) is 6.92. The lowest BCUT2D eigenvalue weighted by Gasteiger charge is -2.18. The van der Waals surface area contributed by atoms with Gasteiger partial charge in [-0.05, 0) is 62.9 Å².